The van der Waals surface area contributed by atoms with Crippen LogP contribution in [0.4, 0.5) is 11.4 Å². The molecule has 0 radical (unpaired) electrons. The van der Waals surface area contributed by atoms with Gasteiger partial charge in [-0.3, -0.25) is 9.10 Å². The SMILES string of the molecule is COc1ccc(-n2ccnc2)cc1NC(=O)CN(c1ccccc1OC)S(=O)(=O)c1ccc(SC)cc1. The van der Waals surface area contributed by atoms with E-state index in [1.54, 1.807) is 71.8 Å². The van der Waals surface area contributed by atoms with Crippen LogP contribution in [0.15, 0.2) is 95.2 Å². The summed E-state index contributed by atoms with van der Waals surface area (Å²) in [6, 6.07) is 18.4. The van der Waals surface area contributed by atoms with E-state index in [0.717, 1.165) is 14.9 Å². The molecule has 0 fully saturated rings. The van der Waals surface area contributed by atoms with Crippen LogP contribution < -0.4 is 19.1 Å². The number of nitrogens with zero attached hydrogens (tertiary/aromatic N) is 3. The second kappa shape index (κ2) is 11.4. The van der Waals surface area contributed by atoms with Crippen molar-refractivity contribution in [3.63, 3.8) is 0 Å². The number of amides is 1. The van der Waals surface area contributed by atoms with Gasteiger partial charge in [0.2, 0.25) is 5.91 Å². The molecule has 0 saturated heterocycles. The summed E-state index contributed by atoms with van der Waals surface area (Å²) in [5.74, 6) is 0.187. The molecule has 0 bridgehead atoms. The Morgan fingerprint density at radius 1 is 1.03 bits per heavy atom. The van der Waals surface area contributed by atoms with Crippen LogP contribution in [0.2, 0.25) is 0 Å². The Morgan fingerprint density at radius 2 is 1.76 bits per heavy atom. The highest BCUT2D eigenvalue weighted by atomic mass is 32.2. The van der Waals surface area contributed by atoms with E-state index in [1.807, 2.05) is 12.3 Å². The molecule has 192 valence electrons. The third kappa shape index (κ3) is 5.73. The van der Waals surface area contributed by atoms with Gasteiger partial charge in [0, 0.05) is 23.0 Å². The van der Waals surface area contributed by atoms with Crippen LogP contribution in [-0.2, 0) is 14.8 Å². The molecule has 0 spiro atoms. The number of sulfonamides is 1. The average Bonchev–Trinajstić information content (AvgIpc) is 3.47. The van der Waals surface area contributed by atoms with Gasteiger partial charge in [-0.05, 0) is 60.9 Å². The fourth-order valence-electron chi connectivity index (χ4n) is 3.70. The predicted molar refractivity (Wildman–Crippen MR) is 144 cm³/mol. The van der Waals surface area contributed by atoms with Crippen molar-refractivity contribution in [3.8, 4) is 17.2 Å². The van der Waals surface area contributed by atoms with E-state index in [0.29, 0.717) is 17.2 Å². The zero-order valence-corrected chi connectivity index (χ0v) is 22.1. The molecule has 1 aromatic heterocycles. The number of imidazole rings is 1. The molecule has 11 heteroatoms. The molecule has 1 heterocycles. The lowest BCUT2D eigenvalue weighted by Crippen LogP contribution is -2.38. The van der Waals surface area contributed by atoms with E-state index >= 15 is 0 Å². The molecule has 0 aliphatic carbocycles. The van der Waals surface area contributed by atoms with Crippen molar-refractivity contribution in [1.82, 2.24) is 9.55 Å². The number of thioether (sulfide) groups is 1. The minimum atomic E-state index is -4.12. The molecule has 4 aromatic rings. The van der Waals surface area contributed by atoms with Gasteiger partial charge >= 0.3 is 0 Å². The van der Waals surface area contributed by atoms with Gasteiger partial charge in [0.15, 0.2) is 0 Å². The number of nitrogens with one attached hydrogen (secondary N) is 1. The molecule has 1 N–H and O–H groups in total. The highest BCUT2D eigenvalue weighted by molar-refractivity contribution is 7.98. The number of methoxy groups -OCH3 is 2. The standard InChI is InChI=1S/C26H26N4O5S2/c1-34-24-13-8-19(29-15-14-27-18-29)16-22(24)28-26(31)17-30(23-6-4-5-7-25(23)35-2)37(32,33)21-11-9-20(36-3)10-12-21/h4-16,18H,17H2,1-3H3,(H,28,31). The van der Waals surface area contributed by atoms with Crippen molar-refractivity contribution in [2.75, 3.05) is 36.6 Å². The Bertz CT molecular complexity index is 1470. The number of ether oxygens (including phenoxy) is 2. The first-order chi connectivity index (χ1) is 17.9. The minimum absolute atomic E-state index is 0.0590. The fraction of sp³-hybridized carbons (Fsp3) is 0.154. The number of rotatable bonds is 10. The number of para-hydroxylation sites is 2. The smallest absolute Gasteiger partial charge is 0.264 e. The van der Waals surface area contributed by atoms with Crippen molar-refractivity contribution in [3.05, 3.63) is 85.5 Å². The van der Waals surface area contributed by atoms with Gasteiger partial charge in [-0.15, -0.1) is 11.8 Å². The second-order valence-electron chi connectivity index (χ2n) is 7.76. The van der Waals surface area contributed by atoms with E-state index in [2.05, 4.69) is 10.3 Å². The predicted octanol–water partition coefficient (Wildman–Crippen LogP) is 4.45. The van der Waals surface area contributed by atoms with Crippen molar-refractivity contribution < 1.29 is 22.7 Å². The molecule has 0 saturated carbocycles. The van der Waals surface area contributed by atoms with Gasteiger partial charge < -0.3 is 19.4 Å². The third-order valence-electron chi connectivity index (χ3n) is 5.55. The molecule has 0 unspecified atom stereocenters. The maximum absolute atomic E-state index is 13.8. The number of benzene rings is 3. The summed E-state index contributed by atoms with van der Waals surface area (Å²) in [6.07, 6.45) is 6.95. The summed E-state index contributed by atoms with van der Waals surface area (Å²) in [4.78, 5) is 18.3. The van der Waals surface area contributed by atoms with Gasteiger partial charge in [-0.2, -0.15) is 0 Å². The maximum Gasteiger partial charge on any atom is 0.264 e. The lowest BCUT2D eigenvalue weighted by atomic mass is 10.2. The van der Waals surface area contributed by atoms with Crippen LogP contribution >= 0.6 is 11.8 Å². The van der Waals surface area contributed by atoms with E-state index in [1.165, 1.54) is 38.1 Å². The lowest BCUT2D eigenvalue weighted by molar-refractivity contribution is -0.114. The van der Waals surface area contributed by atoms with Crippen molar-refractivity contribution in [1.29, 1.82) is 0 Å². The molecule has 0 aliphatic heterocycles. The Hall–Kier alpha value is -3.96. The number of carbonyl (C=O) groups is 1. The molecule has 0 atom stereocenters. The summed E-state index contributed by atoms with van der Waals surface area (Å²) in [5.41, 5.74) is 1.38. The summed E-state index contributed by atoms with van der Waals surface area (Å²) >= 11 is 1.50. The molecule has 37 heavy (non-hydrogen) atoms. The zero-order chi connectivity index (χ0) is 26.4. The highest BCUT2D eigenvalue weighted by Gasteiger charge is 2.29. The monoisotopic (exact) mass is 538 g/mol. The Labute approximate surface area is 220 Å². The van der Waals surface area contributed by atoms with E-state index in [-0.39, 0.29) is 10.6 Å². The molecule has 0 aliphatic rings. The summed E-state index contributed by atoms with van der Waals surface area (Å²) in [5, 5.41) is 2.80. The topological polar surface area (TPSA) is 103 Å². The van der Waals surface area contributed by atoms with Crippen molar-refractivity contribution in [2.24, 2.45) is 0 Å². The largest absolute Gasteiger partial charge is 0.495 e. The number of hydrogen-bond acceptors (Lipinski definition) is 7. The van der Waals surface area contributed by atoms with Gasteiger partial charge in [-0.1, -0.05) is 12.1 Å². The molecule has 3 aromatic carbocycles. The molecular weight excluding hydrogens is 512 g/mol. The van der Waals surface area contributed by atoms with E-state index in [4.69, 9.17) is 9.47 Å². The molecular formula is C26H26N4O5S2. The Kier molecular flexibility index (Phi) is 8.04. The maximum atomic E-state index is 13.8. The second-order valence-corrected chi connectivity index (χ2v) is 10.5. The first kappa shape index (κ1) is 26.1. The van der Waals surface area contributed by atoms with Gasteiger partial charge in [0.1, 0.15) is 18.0 Å². The first-order valence-electron chi connectivity index (χ1n) is 11.1. The zero-order valence-electron chi connectivity index (χ0n) is 20.5. The van der Waals surface area contributed by atoms with Gasteiger partial charge in [0.25, 0.3) is 10.0 Å². The van der Waals surface area contributed by atoms with Crippen molar-refractivity contribution >= 4 is 39.1 Å². The number of carbonyl (C=O) groups excluding carboxylic acids is 1. The molecule has 1 amide bonds. The third-order valence-corrected chi connectivity index (χ3v) is 8.07. The van der Waals surface area contributed by atoms with Crippen LogP contribution in [0.5, 0.6) is 11.5 Å². The van der Waals surface area contributed by atoms with Gasteiger partial charge in [-0.25, -0.2) is 13.4 Å². The fourth-order valence-corrected chi connectivity index (χ4v) is 5.54. The summed E-state index contributed by atoms with van der Waals surface area (Å²) in [6.45, 7) is -0.495. The quantitative estimate of drug-likeness (QED) is 0.298. The molecule has 9 nitrogen and oxygen atoms in total. The molecule has 4 rings (SSSR count). The van der Waals surface area contributed by atoms with E-state index in [9.17, 15) is 13.2 Å². The lowest BCUT2D eigenvalue weighted by Gasteiger charge is -2.26. The minimum Gasteiger partial charge on any atom is -0.495 e. The highest BCUT2D eigenvalue weighted by Crippen LogP contribution is 2.33. The van der Waals surface area contributed by atoms with Gasteiger partial charge in [0.05, 0.1) is 36.8 Å². The Morgan fingerprint density at radius 3 is 2.41 bits per heavy atom. The van der Waals surface area contributed by atoms with E-state index < -0.39 is 22.5 Å². The van der Waals surface area contributed by atoms with Crippen LogP contribution in [-0.4, -0.2) is 50.9 Å². The Balaban J connectivity index is 1.69. The first-order valence-corrected chi connectivity index (χ1v) is 13.8. The van der Waals surface area contributed by atoms with Crippen LogP contribution in [0, 0.1) is 0 Å². The number of anilines is 2. The van der Waals surface area contributed by atoms with Crippen molar-refractivity contribution in [2.45, 2.75) is 9.79 Å². The normalized spacial score (nSPS) is 11.1. The number of hydrogen-bond donors (Lipinski definition) is 1. The van der Waals surface area contributed by atoms with Crippen LogP contribution in [0.1, 0.15) is 0 Å². The number of aromatic nitrogens is 2. The summed E-state index contributed by atoms with van der Waals surface area (Å²) < 4.78 is 41.2. The van der Waals surface area contributed by atoms with Crippen LogP contribution in [0.3, 0.4) is 0 Å². The average molecular weight is 539 g/mol. The van der Waals surface area contributed by atoms with Crippen LogP contribution in [0.25, 0.3) is 5.69 Å². The summed E-state index contributed by atoms with van der Waals surface area (Å²) in [7, 11) is -1.18.